The SMILES string of the molecule is CN(C)C(CNCC(=O)c1ccc(F)cc1)c1cccs1. The van der Waals surface area contributed by atoms with Gasteiger partial charge >= 0.3 is 0 Å². The third-order valence-corrected chi connectivity index (χ3v) is 4.26. The molecule has 0 aliphatic rings. The molecule has 1 aromatic carbocycles. The molecule has 0 radical (unpaired) electrons. The Labute approximate surface area is 128 Å². The minimum atomic E-state index is -0.329. The standard InChI is InChI=1S/C16H19FN2OS/c1-19(2)14(16-4-3-9-21-16)10-18-11-15(20)12-5-7-13(17)8-6-12/h3-9,14,18H,10-11H2,1-2H3. The fraction of sp³-hybridized carbons (Fsp3) is 0.312. The van der Waals surface area contributed by atoms with Gasteiger partial charge in [0, 0.05) is 17.0 Å². The number of hydrogen-bond donors (Lipinski definition) is 1. The molecule has 5 heteroatoms. The maximum Gasteiger partial charge on any atom is 0.176 e. The molecule has 0 fully saturated rings. The lowest BCUT2D eigenvalue weighted by atomic mass is 10.1. The smallest absolute Gasteiger partial charge is 0.176 e. The highest BCUT2D eigenvalue weighted by molar-refractivity contribution is 7.10. The van der Waals surface area contributed by atoms with Gasteiger partial charge in [0.2, 0.25) is 0 Å². The maximum atomic E-state index is 12.8. The van der Waals surface area contributed by atoms with Crippen LogP contribution in [0.25, 0.3) is 0 Å². The molecule has 0 saturated heterocycles. The number of Topliss-reactive ketones (excluding diaryl/α,β-unsaturated/α-hetero) is 1. The summed E-state index contributed by atoms with van der Waals surface area (Å²) in [7, 11) is 4.04. The molecule has 1 aromatic heterocycles. The minimum absolute atomic E-state index is 0.0290. The summed E-state index contributed by atoms with van der Waals surface area (Å²) in [5.74, 6) is -0.358. The van der Waals surface area contributed by atoms with Crippen molar-refractivity contribution in [3.8, 4) is 0 Å². The largest absolute Gasteiger partial charge is 0.308 e. The molecule has 3 nitrogen and oxygen atoms in total. The van der Waals surface area contributed by atoms with E-state index in [1.54, 1.807) is 11.3 Å². The molecule has 1 heterocycles. The molecular formula is C16H19FN2OS. The van der Waals surface area contributed by atoms with Gasteiger partial charge < -0.3 is 10.2 Å². The molecular weight excluding hydrogens is 287 g/mol. The number of ketones is 1. The molecule has 0 aliphatic carbocycles. The molecule has 21 heavy (non-hydrogen) atoms. The lowest BCUT2D eigenvalue weighted by Crippen LogP contribution is -2.33. The van der Waals surface area contributed by atoms with Gasteiger partial charge in [-0.3, -0.25) is 4.79 Å². The molecule has 112 valence electrons. The van der Waals surface area contributed by atoms with Crippen molar-refractivity contribution in [1.82, 2.24) is 10.2 Å². The van der Waals surface area contributed by atoms with Crippen LogP contribution in [-0.2, 0) is 0 Å². The van der Waals surface area contributed by atoms with Crippen molar-refractivity contribution in [2.75, 3.05) is 27.2 Å². The topological polar surface area (TPSA) is 32.3 Å². The van der Waals surface area contributed by atoms with Crippen LogP contribution in [0.15, 0.2) is 41.8 Å². The quantitative estimate of drug-likeness (QED) is 0.798. The van der Waals surface area contributed by atoms with Crippen LogP contribution >= 0.6 is 11.3 Å². The Balaban J connectivity index is 1.88. The highest BCUT2D eigenvalue weighted by Crippen LogP contribution is 2.22. The van der Waals surface area contributed by atoms with Crippen molar-refractivity contribution in [2.24, 2.45) is 0 Å². The fourth-order valence-electron chi connectivity index (χ4n) is 2.08. The first kappa shape index (κ1) is 15.8. The van der Waals surface area contributed by atoms with Gasteiger partial charge in [-0.05, 0) is 49.8 Å². The predicted octanol–water partition coefficient (Wildman–Crippen LogP) is 2.96. The van der Waals surface area contributed by atoms with E-state index in [0.717, 1.165) is 0 Å². The average molecular weight is 306 g/mol. The van der Waals surface area contributed by atoms with Crippen LogP contribution in [0.1, 0.15) is 21.3 Å². The molecule has 1 atom stereocenters. The van der Waals surface area contributed by atoms with Gasteiger partial charge in [0.15, 0.2) is 5.78 Å². The zero-order chi connectivity index (χ0) is 15.2. The Kier molecular flexibility index (Phi) is 5.61. The minimum Gasteiger partial charge on any atom is -0.308 e. The van der Waals surface area contributed by atoms with Crippen LogP contribution in [-0.4, -0.2) is 37.9 Å². The Hall–Kier alpha value is -1.56. The van der Waals surface area contributed by atoms with Crippen molar-refractivity contribution in [3.63, 3.8) is 0 Å². The number of halogens is 1. The summed E-state index contributed by atoms with van der Waals surface area (Å²) >= 11 is 1.71. The molecule has 0 bridgehead atoms. The molecule has 0 saturated carbocycles. The summed E-state index contributed by atoms with van der Waals surface area (Å²) in [6.07, 6.45) is 0. The highest BCUT2D eigenvalue weighted by atomic mass is 32.1. The molecule has 2 aromatic rings. The molecule has 2 rings (SSSR count). The monoisotopic (exact) mass is 306 g/mol. The second-order valence-corrected chi connectivity index (χ2v) is 6.04. The van der Waals surface area contributed by atoms with E-state index in [-0.39, 0.29) is 24.2 Å². The van der Waals surface area contributed by atoms with Crippen LogP contribution < -0.4 is 5.32 Å². The van der Waals surface area contributed by atoms with Crippen LogP contribution in [0, 0.1) is 5.82 Å². The average Bonchev–Trinajstić information content (AvgIpc) is 2.97. The second-order valence-electron chi connectivity index (χ2n) is 5.06. The predicted molar refractivity (Wildman–Crippen MR) is 84.3 cm³/mol. The highest BCUT2D eigenvalue weighted by Gasteiger charge is 2.15. The van der Waals surface area contributed by atoms with Crippen LogP contribution in [0.4, 0.5) is 4.39 Å². The molecule has 0 amide bonds. The van der Waals surface area contributed by atoms with Gasteiger partial charge in [0.1, 0.15) is 5.82 Å². The normalized spacial score (nSPS) is 12.6. The van der Waals surface area contributed by atoms with E-state index in [1.165, 1.54) is 29.1 Å². The van der Waals surface area contributed by atoms with E-state index in [9.17, 15) is 9.18 Å². The van der Waals surface area contributed by atoms with Crippen molar-refractivity contribution >= 4 is 17.1 Å². The third kappa shape index (κ3) is 4.46. The summed E-state index contributed by atoms with van der Waals surface area (Å²) in [4.78, 5) is 15.4. The zero-order valence-corrected chi connectivity index (χ0v) is 13.0. The van der Waals surface area contributed by atoms with E-state index < -0.39 is 0 Å². The summed E-state index contributed by atoms with van der Waals surface area (Å²) in [5.41, 5.74) is 0.529. The van der Waals surface area contributed by atoms with E-state index >= 15 is 0 Å². The van der Waals surface area contributed by atoms with E-state index in [1.807, 2.05) is 20.2 Å². The Morgan fingerprint density at radius 2 is 2.00 bits per heavy atom. The Morgan fingerprint density at radius 3 is 2.57 bits per heavy atom. The van der Waals surface area contributed by atoms with Crippen LogP contribution in [0.2, 0.25) is 0 Å². The first-order valence-electron chi connectivity index (χ1n) is 6.77. The first-order valence-corrected chi connectivity index (χ1v) is 7.65. The Morgan fingerprint density at radius 1 is 1.29 bits per heavy atom. The first-order chi connectivity index (χ1) is 10.1. The van der Waals surface area contributed by atoms with Crippen LogP contribution in [0.3, 0.4) is 0 Å². The lowest BCUT2D eigenvalue weighted by Gasteiger charge is -2.23. The third-order valence-electron chi connectivity index (χ3n) is 3.28. The van der Waals surface area contributed by atoms with E-state index in [0.29, 0.717) is 12.1 Å². The summed E-state index contributed by atoms with van der Waals surface area (Å²) in [5, 5.41) is 5.24. The summed E-state index contributed by atoms with van der Waals surface area (Å²) < 4.78 is 12.8. The lowest BCUT2D eigenvalue weighted by molar-refractivity contribution is 0.0988. The van der Waals surface area contributed by atoms with Crippen molar-refractivity contribution in [3.05, 3.63) is 58.0 Å². The number of nitrogens with zero attached hydrogens (tertiary/aromatic N) is 1. The number of rotatable bonds is 7. The maximum absolute atomic E-state index is 12.8. The molecule has 1 unspecified atom stereocenters. The van der Waals surface area contributed by atoms with Gasteiger partial charge in [0.25, 0.3) is 0 Å². The Bertz CT molecular complexity index is 566. The van der Waals surface area contributed by atoms with Gasteiger partial charge in [-0.2, -0.15) is 0 Å². The number of benzene rings is 1. The zero-order valence-electron chi connectivity index (χ0n) is 12.2. The van der Waals surface area contributed by atoms with Gasteiger partial charge in [0.05, 0.1) is 12.6 Å². The number of thiophene rings is 1. The van der Waals surface area contributed by atoms with Crippen molar-refractivity contribution in [1.29, 1.82) is 0 Å². The van der Waals surface area contributed by atoms with Crippen molar-refractivity contribution < 1.29 is 9.18 Å². The molecule has 1 N–H and O–H groups in total. The van der Waals surface area contributed by atoms with Crippen LogP contribution in [0.5, 0.6) is 0 Å². The van der Waals surface area contributed by atoms with Crippen molar-refractivity contribution in [2.45, 2.75) is 6.04 Å². The van der Waals surface area contributed by atoms with Gasteiger partial charge in [-0.15, -0.1) is 11.3 Å². The summed E-state index contributed by atoms with van der Waals surface area (Å²) in [6.45, 7) is 0.946. The van der Waals surface area contributed by atoms with E-state index in [2.05, 4.69) is 21.7 Å². The molecule has 0 aliphatic heterocycles. The number of carbonyl (C=O) groups is 1. The number of nitrogens with one attached hydrogen (secondary N) is 1. The summed E-state index contributed by atoms with van der Waals surface area (Å²) in [6, 6.07) is 10.0. The second kappa shape index (κ2) is 7.45. The van der Waals surface area contributed by atoms with Gasteiger partial charge in [-0.25, -0.2) is 4.39 Å². The van der Waals surface area contributed by atoms with E-state index in [4.69, 9.17) is 0 Å². The fourth-order valence-corrected chi connectivity index (χ4v) is 3.00. The number of carbonyl (C=O) groups excluding carboxylic acids is 1. The molecule has 0 spiro atoms. The van der Waals surface area contributed by atoms with Gasteiger partial charge in [-0.1, -0.05) is 6.07 Å². The number of likely N-dealkylation sites (N-methyl/N-ethyl adjacent to an activating group) is 1. The number of hydrogen-bond acceptors (Lipinski definition) is 4.